The molecule has 0 radical (unpaired) electrons. The van der Waals surface area contributed by atoms with E-state index < -0.39 is 6.10 Å². The maximum absolute atomic E-state index is 10.6. The van der Waals surface area contributed by atoms with E-state index in [1.165, 1.54) is 0 Å². The van der Waals surface area contributed by atoms with Crippen LogP contribution in [-0.2, 0) is 4.74 Å². The van der Waals surface area contributed by atoms with E-state index >= 15 is 0 Å². The maximum Gasteiger partial charge on any atom is 0.194 e. The normalized spacial score (nSPS) is 18.5. The van der Waals surface area contributed by atoms with Gasteiger partial charge < -0.3 is 29.5 Å². The van der Waals surface area contributed by atoms with Crippen molar-refractivity contribution in [3.8, 4) is 11.5 Å². The predicted molar refractivity (Wildman–Crippen MR) is 107 cm³/mol. The summed E-state index contributed by atoms with van der Waals surface area (Å²) in [5.41, 5.74) is 0.724. The number of aliphatic hydroxyl groups is 1. The number of hydrogen-bond donors (Lipinski definition) is 2. The van der Waals surface area contributed by atoms with Crippen LogP contribution in [0.4, 0.5) is 0 Å². The molecule has 0 amide bonds. The molecule has 0 aromatic heterocycles. The Morgan fingerprint density at radius 1 is 1.26 bits per heavy atom. The highest BCUT2D eigenvalue weighted by Crippen LogP contribution is 2.26. The van der Waals surface area contributed by atoms with E-state index in [2.05, 4.69) is 15.2 Å². The molecule has 27 heavy (non-hydrogen) atoms. The maximum atomic E-state index is 10.6. The molecule has 7 nitrogen and oxygen atoms in total. The van der Waals surface area contributed by atoms with Gasteiger partial charge in [0.1, 0.15) is 11.5 Å². The molecule has 2 rings (SSSR count). The van der Waals surface area contributed by atoms with Crippen LogP contribution in [0.1, 0.15) is 31.9 Å². The third kappa shape index (κ3) is 6.29. The number of ether oxygens (including phenoxy) is 3. The second kappa shape index (κ2) is 11.0. The molecule has 2 unspecified atom stereocenters. The monoisotopic (exact) mass is 379 g/mol. The van der Waals surface area contributed by atoms with Crippen LogP contribution in [0.25, 0.3) is 0 Å². The number of nitrogens with one attached hydrogen (secondary N) is 1. The molecule has 1 aromatic carbocycles. The van der Waals surface area contributed by atoms with E-state index in [0.29, 0.717) is 17.4 Å². The summed E-state index contributed by atoms with van der Waals surface area (Å²) >= 11 is 0. The smallest absolute Gasteiger partial charge is 0.194 e. The first kappa shape index (κ1) is 21.3. The fraction of sp³-hybridized carbons (Fsp3) is 0.650. The largest absolute Gasteiger partial charge is 0.497 e. The van der Waals surface area contributed by atoms with Crippen molar-refractivity contribution in [3.05, 3.63) is 23.8 Å². The van der Waals surface area contributed by atoms with Gasteiger partial charge in [0.15, 0.2) is 5.96 Å². The Morgan fingerprint density at radius 3 is 2.56 bits per heavy atom. The number of likely N-dealkylation sites (tertiary alicyclic amines) is 1. The molecule has 2 N–H and O–H groups in total. The third-order valence-corrected chi connectivity index (χ3v) is 4.65. The van der Waals surface area contributed by atoms with Gasteiger partial charge in [0.25, 0.3) is 0 Å². The van der Waals surface area contributed by atoms with Gasteiger partial charge in [-0.3, -0.25) is 4.99 Å². The van der Waals surface area contributed by atoms with Crippen LogP contribution in [0, 0.1) is 5.92 Å². The highest BCUT2D eigenvalue weighted by Gasteiger charge is 2.25. The molecule has 2 atom stereocenters. The minimum atomic E-state index is -0.732. The van der Waals surface area contributed by atoms with Crippen LogP contribution in [0.2, 0.25) is 0 Å². The fourth-order valence-corrected chi connectivity index (χ4v) is 3.17. The molecule has 1 heterocycles. The van der Waals surface area contributed by atoms with Crippen LogP contribution in [-0.4, -0.2) is 69.6 Å². The summed E-state index contributed by atoms with van der Waals surface area (Å²) in [5, 5.41) is 13.9. The van der Waals surface area contributed by atoms with Gasteiger partial charge in [0, 0.05) is 38.2 Å². The summed E-state index contributed by atoms with van der Waals surface area (Å²) in [5.74, 6) is 2.67. The Balaban J connectivity index is 2.04. The zero-order valence-electron chi connectivity index (χ0n) is 16.9. The first-order valence-electron chi connectivity index (χ1n) is 9.63. The van der Waals surface area contributed by atoms with E-state index in [1.54, 1.807) is 20.3 Å². The second-order valence-electron chi connectivity index (χ2n) is 6.62. The van der Waals surface area contributed by atoms with Gasteiger partial charge in [-0.15, -0.1) is 0 Å². The Labute approximate surface area is 162 Å². The third-order valence-electron chi connectivity index (χ3n) is 4.65. The topological polar surface area (TPSA) is 75.6 Å². The van der Waals surface area contributed by atoms with Gasteiger partial charge in [-0.05, 0) is 38.0 Å². The summed E-state index contributed by atoms with van der Waals surface area (Å²) in [6.45, 7) is 8.54. The van der Waals surface area contributed by atoms with Gasteiger partial charge in [-0.25, -0.2) is 0 Å². The Hall–Kier alpha value is -1.99. The van der Waals surface area contributed by atoms with Gasteiger partial charge in [-0.1, -0.05) is 0 Å². The van der Waals surface area contributed by atoms with Crippen LogP contribution in [0.5, 0.6) is 11.5 Å². The number of hydrogen-bond acceptors (Lipinski definition) is 5. The van der Waals surface area contributed by atoms with Crippen molar-refractivity contribution in [1.29, 1.82) is 0 Å². The van der Waals surface area contributed by atoms with Crippen LogP contribution >= 0.6 is 0 Å². The lowest BCUT2D eigenvalue weighted by Gasteiger charge is -2.22. The minimum Gasteiger partial charge on any atom is -0.497 e. The van der Waals surface area contributed by atoms with E-state index in [4.69, 9.17) is 14.2 Å². The molecule has 1 aliphatic rings. The molecule has 0 aliphatic carbocycles. The fourth-order valence-electron chi connectivity index (χ4n) is 3.17. The first-order chi connectivity index (χ1) is 13.1. The van der Waals surface area contributed by atoms with Crippen molar-refractivity contribution < 1.29 is 19.3 Å². The molecule has 152 valence electrons. The molecule has 7 heteroatoms. The number of rotatable bonds is 9. The summed E-state index contributed by atoms with van der Waals surface area (Å²) in [7, 11) is 3.19. The van der Waals surface area contributed by atoms with E-state index in [-0.39, 0.29) is 6.54 Å². The lowest BCUT2D eigenvalue weighted by atomic mass is 10.1. The zero-order valence-corrected chi connectivity index (χ0v) is 16.9. The summed E-state index contributed by atoms with van der Waals surface area (Å²) < 4.78 is 16.1. The zero-order chi connectivity index (χ0) is 19.6. The lowest BCUT2D eigenvalue weighted by molar-refractivity contribution is 0.114. The molecular weight excluding hydrogens is 346 g/mol. The van der Waals surface area contributed by atoms with Crippen molar-refractivity contribution in [1.82, 2.24) is 10.2 Å². The van der Waals surface area contributed by atoms with Crippen molar-refractivity contribution in [2.45, 2.75) is 26.4 Å². The molecule has 1 aliphatic heterocycles. The Morgan fingerprint density at radius 2 is 1.96 bits per heavy atom. The quantitative estimate of drug-likeness (QED) is 0.505. The highest BCUT2D eigenvalue weighted by molar-refractivity contribution is 5.80. The van der Waals surface area contributed by atoms with Crippen molar-refractivity contribution in [2.75, 3.05) is 53.6 Å². The number of aliphatic imine (C=N–C) groups is 1. The number of benzene rings is 1. The van der Waals surface area contributed by atoms with Crippen LogP contribution in [0.15, 0.2) is 23.2 Å². The second-order valence-corrected chi connectivity index (χ2v) is 6.62. The summed E-state index contributed by atoms with van der Waals surface area (Å²) in [6.07, 6.45) is 0.365. The Kier molecular flexibility index (Phi) is 8.67. The Bertz CT molecular complexity index is 587. The molecule has 0 spiro atoms. The van der Waals surface area contributed by atoms with Gasteiger partial charge in [0.05, 0.1) is 33.5 Å². The van der Waals surface area contributed by atoms with Crippen LogP contribution in [0.3, 0.4) is 0 Å². The molecule has 1 fully saturated rings. The SMILES string of the molecule is CCNC(=NCC(O)c1cc(OC)cc(OC)c1)N1CCC(COCC)C1. The molecular formula is C20H33N3O4. The number of guanidine groups is 1. The molecule has 1 saturated heterocycles. The van der Waals surface area contributed by atoms with Gasteiger partial charge in [-0.2, -0.15) is 0 Å². The van der Waals surface area contributed by atoms with E-state index in [0.717, 1.165) is 50.8 Å². The van der Waals surface area contributed by atoms with Crippen molar-refractivity contribution >= 4 is 5.96 Å². The number of nitrogens with zero attached hydrogens (tertiary/aromatic N) is 2. The van der Waals surface area contributed by atoms with Gasteiger partial charge >= 0.3 is 0 Å². The summed E-state index contributed by atoms with van der Waals surface area (Å²) in [4.78, 5) is 6.90. The summed E-state index contributed by atoms with van der Waals surface area (Å²) in [6, 6.07) is 5.40. The average Bonchev–Trinajstić information content (AvgIpc) is 3.17. The van der Waals surface area contributed by atoms with Crippen molar-refractivity contribution in [3.63, 3.8) is 0 Å². The van der Waals surface area contributed by atoms with E-state index in [9.17, 15) is 5.11 Å². The number of methoxy groups -OCH3 is 2. The molecule has 0 bridgehead atoms. The molecule has 1 aromatic rings. The van der Waals surface area contributed by atoms with E-state index in [1.807, 2.05) is 26.0 Å². The number of aliphatic hydroxyl groups excluding tert-OH is 1. The average molecular weight is 380 g/mol. The molecule has 0 saturated carbocycles. The highest BCUT2D eigenvalue weighted by atomic mass is 16.5. The van der Waals surface area contributed by atoms with Crippen molar-refractivity contribution in [2.24, 2.45) is 10.9 Å². The minimum absolute atomic E-state index is 0.269. The predicted octanol–water partition coefficient (Wildman–Crippen LogP) is 2.06. The lowest BCUT2D eigenvalue weighted by Crippen LogP contribution is -2.40. The standard InChI is InChI=1S/C20H33N3O4/c1-5-21-20(23-8-7-15(13-23)14-27-6-2)22-12-19(24)16-9-17(25-3)11-18(10-16)26-4/h9-11,15,19,24H,5-8,12-14H2,1-4H3,(H,21,22). The van der Waals surface area contributed by atoms with Crippen LogP contribution < -0.4 is 14.8 Å². The van der Waals surface area contributed by atoms with Gasteiger partial charge in [0.2, 0.25) is 0 Å². The first-order valence-corrected chi connectivity index (χ1v) is 9.63.